The standard InChI is InChI=1S/C22H28BrN3O3S/c1-29-12-11-26-21(28)17-13-16(23)8-9-18(17)24-22(26)30-14-20(27)25-10-4-6-15-5-2-3-7-19(15)25/h8-9,13,15,19H,2-7,10-12,14H2,1H3/t15-,19-/m0/s1. The summed E-state index contributed by atoms with van der Waals surface area (Å²) in [4.78, 5) is 33.0. The highest BCUT2D eigenvalue weighted by Gasteiger charge is 2.35. The topological polar surface area (TPSA) is 64.4 Å². The summed E-state index contributed by atoms with van der Waals surface area (Å²) in [6, 6.07) is 5.91. The Labute approximate surface area is 189 Å². The molecule has 2 aliphatic rings. The predicted molar refractivity (Wildman–Crippen MR) is 123 cm³/mol. The fourth-order valence-corrected chi connectivity index (χ4v) is 6.08. The van der Waals surface area contributed by atoms with Crippen LogP contribution in [0, 0.1) is 5.92 Å². The van der Waals surface area contributed by atoms with Crippen LogP contribution in [0.5, 0.6) is 0 Å². The van der Waals surface area contributed by atoms with Crippen LogP contribution in [-0.2, 0) is 16.1 Å². The Morgan fingerprint density at radius 1 is 1.27 bits per heavy atom. The Kier molecular flexibility index (Phi) is 7.16. The molecular formula is C22H28BrN3O3S. The van der Waals surface area contributed by atoms with E-state index < -0.39 is 0 Å². The van der Waals surface area contributed by atoms with Crippen molar-refractivity contribution < 1.29 is 9.53 Å². The molecule has 8 heteroatoms. The van der Waals surface area contributed by atoms with Crippen molar-refractivity contribution in [2.75, 3.05) is 26.0 Å². The SMILES string of the molecule is COCCn1c(SCC(=O)N2CCC[C@@H]3CCCC[C@@H]32)nc2ccc(Br)cc2c1=O. The first kappa shape index (κ1) is 21.8. The zero-order chi connectivity index (χ0) is 21.1. The highest BCUT2D eigenvalue weighted by molar-refractivity contribution is 9.10. The normalized spacial score (nSPS) is 21.6. The fraction of sp³-hybridized carbons (Fsp3) is 0.591. The number of benzene rings is 1. The van der Waals surface area contributed by atoms with Gasteiger partial charge < -0.3 is 9.64 Å². The van der Waals surface area contributed by atoms with E-state index in [9.17, 15) is 9.59 Å². The molecule has 0 N–H and O–H groups in total. The molecule has 1 saturated carbocycles. The van der Waals surface area contributed by atoms with Crippen LogP contribution in [0.2, 0.25) is 0 Å². The number of aromatic nitrogens is 2. The van der Waals surface area contributed by atoms with Crippen LogP contribution in [-0.4, -0.2) is 52.4 Å². The summed E-state index contributed by atoms with van der Waals surface area (Å²) < 4.78 is 7.67. The van der Waals surface area contributed by atoms with Gasteiger partial charge >= 0.3 is 0 Å². The van der Waals surface area contributed by atoms with Gasteiger partial charge in [0.1, 0.15) is 0 Å². The average molecular weight is 494 g/mol. The number of likely N-dealkylation sites (tertiary alicyclic amines) is 1. The van der Waals surface area contributed by atoms with Gasteiger partial charge in [-0.25, -0.2) is 4.98 Å². The van der Waals surface area contributed by atoms with Crippen LogP contribution >= 0.6 is 27.7 Å². The molecule has 0 unspecified atom stereocenters. The number of piperidine rings is 1. The number of thioether (sulfide) groups is 1. The smallest absolute Gasteiger partial charge is 0.262 e. The van der Waals surface area contributed by atoms with Gasteiger partial charge in [-0.05, 0) is 49.8 Å². The maximum absolute atomic E-state index is 13.1. The fourth-order valence-electron chi connectivity index (χ4n) is 4.81. The van der Waals surface area contributed by atoms with Gasteiger partial charge in [0.05, 0.1) is 29.8 Å². The summed E-state index contributed by atoms with van der Waals surface area (Å²) in [6.07, 6.45) is 7.24. The van der Waals surface area contributed by atoms with E-state index in [0.29, 0.717) is 46.9 Å². The Hall–Kier alpha value is -1.38. The Morgan fingerprint density at radius 2 is 2.07 bits per heavy atom. The molecule has 2 aromatic rings. The van der Waals surface area contributed by atoms with Gasteiger partial charge in [-0.3, -0.25) is 14.2 Å². The minimum absolute atomic E-state index is 0.0985. The average Bonchev–Trinajstić information content (AvgIpc) is 2.77. The third-order valence-corrected chi connectivity index (χ3v) is 7.74. The van der Waals surface area contributed by atoms with Gasteiger partial charge in [0, 0.05) is 24.2 Å². The monoisotopic (exact) mass is 493 g/mol. The number of amides is 1. The molecule has 162 valence electrons. The third-order valence-electron chi connectivity index (χ3n) is 6.29. The highest BCUT2D eigenvalue weighted by Crippen LogP contribution is 2.35. The van der Waals surface area contributed by atoms with Crippen molar-refractivity contribution >= 4 is 44.5 Å². The van der Waals surface area contributed by atoms with Crippen LogP contribution in [0.4, 0.5) is 0 Å². The first-order valence-corrected chi connectivity index (χ1v) is 12.5. The summed E-state index contributed by atoms with van der Waals surface area (Å²) in [7, 11) is 1.61. The number of nitrogens with zero attached hydrogens (tertiary/aromatic N) is 3. The van der Waals surface area contributed by atoms with E-state index >= 15 is 0 Å². The van der Waals surface area contributed by atoms with Crippen LogP contribution in [0.25, 0.3) is 10.9 Å². The molecule has 1 aliphatic carbocycles. The minimum Gasteiger partial charge on any atom is -0.383 e. The molecule has 0 bridgehead atoms. The largest absolute Gasteiger partial charge is 0.383 e. The van der Waals surface area contributed by atoms with Gasteiger partial charge in [-0.1, -0.05) is 40.5 Å². The Morgan fingerprint density at radius 3 is 2.90 bits per heavy atom. The lowest BCUT2D eigenvalue weighted by atomic mass is 9.78. The van der Waals surface area contributed by atoms with E-state index in [1.165, 1.54) is 37.4 Å². The second-order valence-electron chi connectivity index (χ2n) is 8.14. The molecule has 1 aromatic heterocycles. The molecule has 1 saturated heterocycles. The van der Waals surface area contributed by atoms with E-state index in [1.807, 2.05) is 12.1 Å². The Bertz CT molecular complexity index is 978. The summed E-state index contributed by atoms with van der Waals surface area (Å²) in [5.41, 5.74) is 0.552. The lowest BCUT2D eigenvalue weighted by Gasteiger charge is -2.44. The molecule has 1 aliphatic heterocycles. The number of halogens is 1. The number of carbonyl (C=O) groups excluding carboxylic acids is 1. The second-order valence-corrected chi connectivity index (χ2v) is 9.99. The zero-order valence-corrected chi connectivity index (χ0v) is 19.7. The van der Waals surface area contributed by atoms with Crippen molar-refractivity contribution in [3.8, 4) is 0 Å². The van der Waals surface area contributed by atoms with Crippen LogP contribution in [0.1, 0.15) is 38.5 Å². The molecule has 2 fully saturated rings. The number of fused-ring (bicyclic) bond motifs is 2. The van der Waals surface area contributed by atoms with E-state index in [2.05, 4.69) is 20.8 Å². The maximum Gasteiger partial charge on any atom is 0.262 e. The minimum atomic E-state index is -0.0985. The third kappa shape index (κ3) is 4.60. The van der Waals surface area contributed by atoms with Crippen molar-refractivity contribution in [3.63, 3.8) is 0 Å². The van der Waals surface area contributed by atoms with Gasteiger partial charge in [-0.15, -0.1) is 0 Å². The van der Waals surface area contributed by atoms with E-state index in [0.717, 1.165) is 23.9 Å². The van der Waals surface area contributed by atoms with Crippen molar-refractivity contribution in [2.24, 2.45) is 5.92 Å². The number of carbonyl (C=O) groups is 1. The number of methoxy groups -OCH3 is 1. The lowest BCUT2D eigenvalue weighted by molar-refractivity contribution is -0.134. The summed E-state index contributed by atoms with van der Waals surface area (Å²) in [5.74, 6) is 1.14. The molecule has 0 radical (unpaired) electrons. The molecule has 4 rings (SSSR count). The van der Waals surface area contributed by atoms with Gasteiger partial charge in [0.15, 0.2) is 5.16 Å². The van der Waals surface area contributed by atoms with Gasteiger partial charge in [0.2, 0.25) is 5.91 Å². The van der Waals surface area contributed by atoms with E-state index in [1.54, 1.807) is 17.7 Å². The molecule has 1 aromatic carbocycles. The van der Waals surface area contributed by atoms with Crippen molar-refractivity contribution in [3.05, 3.63) is 33.0 Å². The first-order valence-electron chi connectivity index (χ1n) is 10.7. The summed E-state index contributed by atoms with van der Waals surface area (Å²) >= 11 is 4.79. The molecule has 6 nitrogen and oxygen atoms in total. The quantitative estimate of drug-likeness (QED) is 0.448. The van der Waals surface area contributed by atoms with Crippen LogP contribution < -0.4 is 5.56 Å². The number of hydrogen-bond acceptors (Lipinski definition) is 5. The van der Waals surface area contributed by atoms with Crippen molar-refractivity contribution in [1.82, 2.24) is 14.5 Å². The Balaban J connectivity index is 1.55. The van der Waals surface area contributed by atoms with E-state index in [-0.39, 0.29) is 11.5 Å². The molecule has 2 heterocycles. The molecule has 0 spiro atoms. The predicted octanol–water partition coefficient (Wildman–Crippen LogP) is 4.08. The number of hydrogen-bond donors (Lipinski definition) is 0. The second kappa shape index (κ2) is 9.83. The molecular weight excluding hydrogens is 466 g/mol. The maximum atomic E-state index is 13.1. The molecule has 30 heavy (non-hydrogen) atoms. The first-order chi connectivity index (χ1) is 14.6. The van der Waals surface area contributed by atoms with Crippen molar-refractivity contribution in [1.29, 1.82) is 0 Å². The highest BCUT2D eigenvalue weighted by atomic mass is 79.9. The summed E-state index contributed by atoms with van der Waals surface area (Å²) in [5, 5.41) is 1.15. The molecule has 1 amide bonds. The van der Waals surface area contributed by atoms with Crippen LogP contribution in [0.15, 0.2) is 32.6 Å². The van der Waals surface area contributed by atoms with Crippen LogP contribution in [0.3, 0.4) is 0 Å². The number of rotatable bonds is 6. The number of ether oxygens (including phenoxy) is 1. The van der Waals surface area contributed by atoms with Crippen molar-refractivity contribution in [2.45, 2.75) is 56.3 Å². The lowest BCUT2D eigenvalue weighted by Crippen LogP contribution is -2.50. The van der Waals surface area contributed by atoms with Gasteiger partial charge in [0.25, 0.3) is 5.56 Å². The van der Waals surface area contributed by atoms with E-state index in [4.69, 9.17) is 9.72 Å². The van der Waals surface area contributed by atoms with Gasteiger partial charge in [-0.2, -0.15) is 0 Å². The summed E-state index contributed by atoms with van der Waals surface area (Å²) in [6.45, 7) is 1.68. The molecule has 2 atom stereocenters. The zero-order valence-electron chi connectivity index (χ0n) is 17.3.